The first-order chi connectivity index (χ1) is 14.4. The first kappa shape index (κ1) is 22.6. The number of rotatable bonds is 8. The van der Waals surface area contributed by atoms with Crippen molar-refractivity contribution in [3.8, 4) is 0 Å². The van der Waals surface area contributed by atoms with Crippen LogP contribution in [0.1, 0.15) is 48.8 Å². The number of hydrogen-bond donors (Lipinski definition) is 2. The second-order valence-corrected chi connectivity index (χ2v) is 9.07. The molecule has 0 saturated heterocycles. The molecule has 1 aliphatic rings. The van der Waals surface area contributed by atoms with E-state index in [-0.39, 0.29) is 17.9 Å². The average Bonchev–Trinajstić information content (AvgIpc) is 3.08. The van der Waals surface area contributed by atoms with Crippen molar-refractivity contribution in [3.63, 3.8) is 0 Å². The quantitative estimate of drug-likeness (QED) is 0.604. The highest BCUT2D eigenvalue weighted by molar-refractivity contribution is 7.99. The second kappa shape index (κ2) is 10.8. The fourth-order valence-electron chi connectivity index (χ4n) is 3.59. The molecule has 1 heterocycles. The normalized spacial score (nSPS) is 18.8. The maximum absolute atomic E-state index is 12.3. The highest BCUT2D eigenvalue weighted by atomic mass is 35.5. The van der Waals surface area contributed by atoms with Crippen LogP contribution in [-0.2, 0) is 18.3 Å². The number of hydrogen-bond acceptors (Lipinski definition) is 5. The number of amides is 2. The Labute approximate surface area is 186 Å². The van der Waals surface area contributed by atoms with E-state index < -0.39 is 0 Å². The Hall–Kier alpha value is -2.06. The molecule has 30 heavy (non-hydrogen) atoms. The zero-order valence-electron chi connectivity index (χ0n) is 17.4. The number of carbonyl (C=O) groups is 2. The third-order valence-electron chi connectivity index (χ3n) is 5.46. The van der Waals surface area contributed by atoms with E-state index in [0.717, 1.165) is 12.2 Å². The van der Waals surface area contributed by atoms with Gasteiger partial charge in [0.25, 0.3) is 5.91 Å². The zero-order chi connectivity index (χ0) is 21.5. The molecular formula is C21H28ClN5O2S. The van der Waals surface area contributed by atoms with E-state index in [1.54, 1.807) is 24.3 Å². The second-order valence-electron chi connectivity index (χ2n) is 7.70. The first-order valence-corrected chi connectivity index (χ1v) is 11.6. The summed E-state index contributed by atoms with van der Waals surface area (Å²) in [6.07, 6.45) is 5.23. The molecule has 1 aromatic heterocycles. The Bertz CT molecular complexity index is 871. The molecule has 0 radical (unpaired) electrons. The van der Waals surface area contributed by atoms with E-state index in [2.05, 4.69) is 27.8 Å². The van der Waals surface area contributed by atoms with Crippen molar-refractivity contribution in [1.82, 2.24) is 25.4 Å². The molecule has 3 rings (SSSR count). The summed E-state index contributed by atoms with van der Waals surface area (Å²) in [7, 11) is 1.87. The minimum absolute atomic E-state index is 0.0403. The monoisotopic (exact) mass is 449 g/mol. The van der Waals surface area contributed by atoms with Crippen LogP contribution in [-0.4, -0.2) is 44.9 Å². The van der Waals surface area contributed by atoms with E-state index in [1.807, 2.05) is 11.6 Å². The van der Waals surface area contributed by atoms with Crippen LogP contribution in [0.15, 0.2) is 29.4 Å². The van der Waals surface area contributed by atoms with Gasteiger partial charge in [0.1, 0.15) is 5.82 Å². The van der Waals surface area contributed by atoms with Gasteiger partial charge >= 0.3 is 0 Å². The van der Waals surface area contributed by atoms with Gasteiger partial charge in [0.15, 0.2) is 5.16 Å². The van der Waals surface area contributed by atoms with Crippen molar-refractivity contribution in [2.45, 2.75) is 50.2 Å². The van der Waals surface area contributed by atoms with Crippen LogP contribution < -0.4 is 10.6 Å². The molecule has 9 heteroatoms. The van der Waals surface area contributed by atoms with Gasteiger partial charge in [-0.05, 0) is 43.0 Å². The average molecular weight is 450 g/mol. The molecule has 2 atom stereocenters. The summed E-state index contributed by atoms with van der Waals surface area (Å²) in [5, 5.41) is 15.7. The Balaban J connectivity index is 1.43. The summed E-state index contributed by atoms with van der Waals surface area (Å²) in [6, 6.07) is 7.04. The van der Waals surface area contributed by atoms with Gasteiger partial charge in [-0.15, -0.1) is 10.2 Å². The van der Waals surface area contributed by atoms with Gasteiger partial charge in [0, 0.05) is 36.6 Å². The van der Waals surface area contributed by atoms with Crippen molar-refractivity contribution < 1.29 is 9.59 Å². The van der Waals surface area contributed by atoms with E-state index in [0.29, 0.717) is 40.4 Å². The van der Waals surface area contributed by atoms with Gasteiger partial charge in [-0.3, -0.25) is 9.59 Å². The molecule has 1 saturated carbocycles. The third kappa shape index (κ3) is 6.22. The summed E-state index contributed by atoms with van der Waals surface area (Å²) in [5.74, 6) is 1.51. The van der Waals surface area contributed by atoms with Crippen LogP contribution in [0.25, 0.3) is 0 Å². The van der Waals surface area contributed by atoms with Crippen LogP contribution in [0, 0.1) is 5.92 Å². The third-order valence-corrected chi connectivity index (χ3v) is 6.73. The van der Waals surface area contributed by atoms with Crippen molar-refractivity contribution >= 4 is 35.2 Å². The number of thioether (sulfide) groups is 1. The fraction of sp³-hybridized carbons (Fsp3) is 0.524. The highest BCUT2D eigenvalue weighted by Gasteiger charge is 2.23. The summed E-state index contributed by atoms with van der Waals surface area (Å²) >= 11 is 7.23. The molecule has 2 aromatic rings. The lowest BCUT2D eigenvalue weighted by atomic mass is 9.86. The molecule has 0 unspecified atom stereocenters. The Morgan fingerprint density at radius 2 is 1.93 bits per heavy atom. The molecule has 2 N–H and O–H groups in total. The number of benzene rings is 1. The lowest BCUT2D eigenvalue weighted by molar-refractivity contribution is -0.119. The van der Waals surface area contributed by atoms with Crippen LogP contribution in [0.3, 0.4) is 0 Å². The number of halogens is 1. The lowest BCUT2D eigenvalue weighted by Crippen LogP contribution is -2.41. The predicted octanol–water partition coefficient (Wildman–Crippen LogP) is 3.23. The highest BCUT2D eigenvalue weighted by Crippen LogP contribution is 2.24. The molecule has 0 spiro atoms. The van der Waals surface area contributed by atoms with Gasteiger partial charge in [0.2, 0.25) is 5.91 Å². The maximum Gasteiger partial charge on any atom is 0.251 e. The molecule has 7 nitrogen and oxygen atoms in total. The van der Waals surface area contributed by atoms with Gasteiger partial charge in [-0.1, -0.05) is 43.1 Å². The summed E-state index contributed by atoms with van der Waals surface area (Å²) < 4.78 is 1.87. The van der Waals surface area contributed by atoms with E-state index >= 15 is 0 Å². The molecular weight excluding hydrogens is 422 g/mol. The smallest absolute Gasteiger partial charge is 0.251 e. The number of nitrogens with one attached hydrogen (secondary N) is 2. The maximum atomic E-state index is 12.3. The standard InChI is InChI=1S/C21H28ClN5O2S/c1-14-5-3-4-6-17(14)24-19(28)13-30-21-26-25-18(27(21)2)11-12-23-20(29)15-7-9-16(22)10-8-15/h7-10,14,17H,3-6,11-13H2,1-2H3,(H,23,29)(H,24,28)/t14-,17-/m1/s1. The largest absolute Gasteiger partial charge is 0.352 e. The Kier molecular flexibility index (Phi) is 8.16. The Morgan fingerprint density at radius 3 is 2.67 bits per heavy atom. The summed E-state index contributed by atoms with van der Waals surface area (Å²) in [5.41, 5.74) is 0.562. The summed E-state index contributed by atoms with van der Waals surface area (Å²) in [6.45, 7) is 2.65. The summed E-state index contributed by atoms with van der Waals surface area (Å²) in [4.78, 5) is 24.5. The number of carbonyl (C=O) groups excluding carboxylic acids is 2. The molecule has 0 bridgehead atoms. The fourth-order valence-corrected chi connectivity index (χ4v) is 4.46. The first-order valence-electron chi connectivity index (χ1n) is 10.3. The molecule has 0 aliphatic heterocycles. The molecule has 162 valence electrons. The zero-order valence-corrected chi connectivity index (χ0v) is 18.9. The van der Waals surface area contributed by atoms with Gasteiger partial charge < -0.3 is 15.2 Å². The lowest BCUT2D eigenvalue weighted by Gasteiger charge is -2.29. The van der Waals surface area contributed by atoms with Crippen molar-refractivity contribution in [1.29, 1.82) is 0 Å². The van der Waals surface area contributed by atoms with Gasteiger partial charge in [-0.25, -0.2) is 0 Å². The van der Waals surface area contributed by atoms with Crippen LogP contribution >= 0.6 is 23.4 Å². The van der Waals surface area contributed by atoms with Crippen LogP contribution in [0.4, 0.5) is 0 Å². The molecule has 1 aromatic carbocycles. The van der Waals surface area contributed by atoms with Gasteiger partial charge in [0.05, 0.1) is 5.75 Å². The van der Waals surface area contributed by atoms with E-state index in [9.17, 15) is 9.59 Å². The predicted molar refractivity (Wildman–Crippen MR) is 119 cm³/mol. The minimum Gasteiger partial charge on any atom is -0.352 e. The van der Waals surface area contributed by atoms with Crippen LogP contribution in [0.5, 0.6) is 0 Å². The number of aromatic nitrogens is 3. The molecule has 1 aliphatic carbocycles. The topological polar surface area (TPSA) is 88.9 Å². The van der Waals surface area contributed by atoms with Crippen LogP contribution in [0.2, 0.25) is 5.02 Å². The van der Waals surface area contributed by atoms with E-state index in [1.165, 1.54) is 31.0 Å². The van der Waals surface area contributed by atoms with Crippen molar-refractivity contribution in [3.05, 3.63) is 40.7 Å². The Morgan fingerprint density at radius 1 is 1.20 bits per heavy atom. The van der Waals surface area contributed by atoms with E-state index in [4.69, 9.17) is 11.6 Å². The van der Waals surface area contributed by atoms with Gasteiger partial charge in [-0.2, -0.15) is 0 Å². The SMILES string of the molecule is C[C@@H]1CCCC[C@H]1NC(=O)CSc1nnc(CCNC(=O)c2ccc(Cl)cc2)n1C. The molecule has 2 amide bonds. The minimum atomic E-state index is -0.156. The van der Waals surface area contributed by atoms with Crippen molar-refractivity contribution in [2.24, 2.45) is 13.0 Å². The van der Waals surface area contributed by atoms with Crippen molar-refractivity contribution in [2.75, 3.05) is 12.3 Å². The molecule has 1 fully saturated rings. The number of nitrogens with zero attached hydrogens (tertiary/aromatic N) is 3.